The smallest absolute Gasteiger partial charge is 0.179 e. The summed E-state index contributed by atoms with van der Waals surface area (Å²) in [6.45, 7) is 2.43. The largest absolute Gasteiger partial charge is 0.497 e. The summed E-state index contributed by atoms with van der Waals surface area (Å²) < 4.78 is 5.08. The molecular weight excluding hydrogens is 252 g/mol. The second kappa shape index (κ2) is 6.82. The molecule has 104 valence electrons. The van der Waals surface area contributed by atoms with Crippen LogP contribution >= 0.6 is 0 Å². The highest BCUT2D eigenvalue weighted by atomic mass is 16.5. The molecule has 4 nitrogen and oxygen atoms in total. The van der Waals surface area contributed by atoms with Gasteiger partial charge in [0.2, 0.25) is 0 Å². The number of aromatic nitrogens is 1. The van der Waals surface area contributed by atoms with Crippen molar-refractivity contribution in [3.8, 4) is 5.75 Å². The number of nitrogens with one attached hydrogen (secondary N) is 1. The Morgan fingerprint density at radius 1 is 1.25 bits per heavy atom. The van der Waals surface area contributed by atoms with Gasteiger partial charge in [0.25, 0.3) is 0 Å². The maximum Gasteiger partial charge on any atom is 0.179 e. The second-order valence-corrected chi connectivity index (χ2v) is 4.52. The summed E-state index contributed by atoms with van der Waals surface area (Å²) in [5.74, 6) is 0.805. The van der Waals surface area contributed by atoms with Crippen LogP contribution in [0.5, 0.6) is 5.75 Å². The van der Waals surface area contributed by atoms with Crippen LogP contribution in [0.2, 0.25) is 0 Å². The van der Waals surface area contributed by atoms with Crippen molar-refractivity contribution in [3.63, 3.8) is 0 Å². The molecule has 1 unspecified atom stereocenters. The summed E-state index contributed by atoms with van der Waals surface area (Å²) in [4.78, 5) is 16.5. The van der Waals surface area contributed by atoms with Crippen molar-refractivity contribution < 1.29 is 9.53 Å². The van der Waals surface area contributed by atoms with E-state index in [0.717, 1.165) is 11.4 Å². The Balaban J connectivity index is 1.94. The lowest BCUT2D eigenvalue weighted by Gasteiger charge is -2.12. The van der Waals surface area contributed by atoms with Crippen LogP contribution in [0.25, 0.3) is 0 Å². The minimum atomic E-state index is -0.259. The molecule has 0 amide bonds. The summed E-state index contributed by atoms with van der Waals surface area (Å²) >= 11 is 0. The molecule has 1 aromatic heterocycles. The topological polar surface area (TPSA) is 51.2 Å². The van der Waals surface area contributed by atoms with Gasteiger partial charge in [-0.25, -0.2) is 0 Å². The molecule has 0 fully saturated rings. The second-order valence-electron chi connectivity index (χ2n) is 4.52. The standard InChI is InChI=1S/C16H18N2O2/c1-12(18-11-14-5-3-4-10-17-14)16(19)13-6-8-15(20-2)9-7-13/h3-10,12,18H,11H2,1-2H3. The maximum atomic E-state index is 12.2. The number of pyridine rings is 1. The molecule has 0 radical (unpaired) electrons. The van der Waals surface area contributed by atoms with Crippen molar-refractivity contribution in [1.29, 1.82) is 0 Å². The summed E-state index contributed by atoms with van der Waals surface area (Å²) in [6, 6.07) is 12.6. The van der Waals surface area contributed by atoms with E-state index >= 15 is 0 Å². The van der Waals surface area contributed by atoms with Gasteiger partial charge in [-0.05, 0) is 43.3 Å². The Morgan fingerprint density at radius 2 is 2.00 bits per heavy atom. The van der Waals surface area contributed by atoms with Crippen LogP contribution < -0.4 is 10.1 Å². The number of Topliss-reactive ketones (excluding diaryl/α,β-unsaturated/α-hetero) is 1. The van der Waals surface area contributed by atoms with Gasteiger partial charge in [-0.1, -0.05) is 6.07 Å². The molecular formula is C16H18N2O2. The Labute approximate surface area is 118 Å². The van der Waals surface area contributed by atoms with Gasteiger partial charge in [-0.15, -0.1) is 0 Å². The van der Waals surface area contributed by atoms with Crippen molar-refractivity contribution in [2.45, 2.75) is 19.5 Å². The first-order valence-corrected chi connectivity index (χ1v) is 6.52. The molecule has 1 N–H and O–H groups in total. The Kier molecular flexibility index (Phi) is 4.85. The lowest BCUT2D eigenvalue weighted by Crippen LogP contribution is -2.33. The highest BCUT2D eigenvalue weighted by molar-refractivity contribution is 5.99. The van der Waals surface area contributed by atoms with Crippen LogP contribution in [0.1, 0.15) is 23.0 Å². The van der Waals surface area contributed by atoms with Gasteiger partial charge in [0.1, 0.15) is 5.75 Å². The van der Waals surface area contributed by atoms with Crippen molar-refractivity contribution in [2.75, 3.05) is 7.11 Å². The monoisotopic (exact) mass is 270 g/mol. The molecule has 2 rings (SSSR count). The van der Waals surface area contributed by atoms with Crippen LogP contribution in [0.3, 0.4) is 0 Å². The predicted molar refractivity (Wildman–Crippen MR) is 77.9 cm³/mol. The summed E-state index contributed by atoms with van der Waals surface area (Å²) in [7, 11) is 1.61. The van der Waals surface area contributed by atoms with Gasteiger partial charge in [-0.2, -0.15) is 0 Å². The Bertz CT molecular complexity index is 552. The van der Waals surface area contributed by atoms with Crippen LogP contribution in [-0.4, -0.2) is 23.9 Å². The summed E-state index contributed by atoms with van der Waals surface area (Å²) in [5.41, 5.74) is 1.59. The van der Waals surface area contributed by atoms with Crippen molar-refractivity contribution in [1.82, 2.24) is 10.3 Å². The Hall–Kier alpha value is -2.20. The molecule has 1 atom stereocenters. The molecule has 0 aliphatic rings. The zero-order valence-electron chi connectivity index (χ0n) is 11.7. The van der Waals surface area contributed by atoms with E-state index in [1.807, 2.05) is 25.1 Å². The molecule has 0 aliphatic carbocycles. The van der Waals surface area contributed by atoms with Gasteiger partial charge < -0.3 is 10.1 Å². The van der Waals surface area contributed by atoms with Crippen LogP contribution in [0.15, 0.2) is 48.7 Å². The number of methoxy groups -OCH3 is 1. The first-order valence-electron chi connectivity index (χ1n) is 6.52. The number of hydrogen-bond acceptors (Lipinski definition) is 4. The van der Waals surface area contributed by atoms with E-state index in [0.29, 0.717) is 12.1 Å². The summed E-state index contributed by atoms with van der Waals surface area (Å²) in [5, 5.41) is 3.18. The minimum Gasteiger partial charge on any atom is -0.497 e. The molecule has 1 heterocycles. The molecule has 4 heteroatoms. The number of carbonyl (C=O) groups excluding carboxylic acids is 1. The number of nitrogens with zero attached hydrogens (tertiary/aromatic N) is 1. The van der Waals surface area contributed by atoms with E-state index in [4.69, 9.17) is 4.74 Å². The highest BCUT2D eigenvalue weighted by Gasteiger charge is 2.14. The zero-order valence-corrected chi connectivity index (χ0v) is 11.7. The molecule has 0 saturated carbocycles. The predicted octanol–water partition coefficient (Wildman–Crippen LogP) is 2.45. The van der Waals surface area contributed by atoms with E-state index in [2.05, 4.69) is 10.3 Å². The van der Waals surface area contributed by atoms with E-state index in [9.17, 15) is 4.79 Å². The number of benzene rings is 1. The van der Waals surface area contributed by atoms with Crippen molar-refractivity contribution in [3.05, 3.63) is 59.9 Å². The third-order valence-electron chi connectivity index (χ3n) is 3.08. The average molecular weight is 270 g/mol. The fourth-order valence-electron chi connectivity index (χ4n) is 1.86. The molecule has 0 bridgehead atoms. The lowest BCUT2D eigenvalue weighted by molar-refractivity contribution is 0.0950. The van der Waals surface area contributed by atoms with E-state index in [1.165, 1.54) is 0 Å². The highest BCUT2D eigenvalue weighted by Crippen LogP contribution is 2.12. The fraction of sp³-hybridized carbons (Fsp3) is 0.250. The molecule has 1 aromatic carbocycles. The van der Waals surface area contributed by atoms with Crippen LogP contribution in [-0.2, 0) is 6.54 Å². The van der Waals surface area contributed by atoms with Crippen molar-refractivity contribution >= 4 is 5.78 Å². The van der Waals surface area contributed by atoms with E-state index in [-0.39, 0.29) is 11.8 Å². The van der Waals surface area contributed by atoms with Gasteiger partial charge in [0.05, 0.1) is 18.8 Å². The van der Waals surface area contributed by atoms with Gasteiger partial charge >= 0.3 is 0 Å². The van der Waals surface area contributed by atoms with Crippen LogP contribution in [0, 0.1) is 0 Å². The fourth-order valence-corrected chi connectivity index (χ4v) is 1.86. The average Bonchev–Trinajstić information content (AvgIpc) is 2.53. The number of hydrogen-bond donors (Lipinski definition) is 1. The minimum absolute atomic E-state index is 0.0589. The SMILES string of the molecule is COc1ccc(C(=O)C(C)NCc2ccccn2)cc1. The van der Waals surface area contributed by atoms with Gasteiger partial charge in [0.15, 0.2) is 5.78 Å². The Morgan fingerprint density at radius 3 is 2.60 bits per heavy atom. The first-order chi connectivity index (χ1) is 9.70. The number of carbonyl (C=O) groups is 1. The first kappa shape index (κ1) is 14.2. The number of rotatable bonds is 6. The molecule has 0 spiro atoms. The van der Waals surface area contributed by atoms with Crippen molar-refractivity contribution in [2.24, 2.45) is 0 Å². The van der Waals surface area contributed by atoms with Gasteiger partial charge in [0, 0.05) is 18.3 Å². The molecule has 0 saturated heterocycles. The van der Waals surface area contributed by atoms with Gasteiger partial charge in [-0.3, -0.25) is 9.78 Å². The zero-order chi connectivity index (χ0) is 14.4. The van der Waals surface area contributed by atoms with Crippen LogP contribution in [0.4, 0.5) is 0 Å². The molecule has 0 aliphatic heterocycles. The normalized spacial score (nSPS) is 11.9. The molecule has 2 aromatic rings. The third-order valence-corrected chi connectivity index (χ3v) is 3.08. The molecule has 20 heavy (non-hydrogen) atoms. The third kappa shape index (κ3) is 3.65. The maximum absolute atomic E-state index is 12.2. The van der Waals surface area contributed by atoms with E-state index in [1.54, 1.807) is 37.6 Å². The lowest BCUT2D eigenvalue weighted by atomic mass is 10.1. The summed E-state index contributed by atoms with van der Waals surface area (Å²) in [6.07, 6.45) is 1.74. The quantitative estimate of drug-likeness (QED) is 0.819. The van der Waals surface area contributed by atoms with E-state index < -0.39 is 0 Å². The number of ketones is 1. The number of ether oxygens (including phenoxy) is 1.